The second-order valence-electron chi connectivity index (χ2n) is 6.95. The second-order valence-corrected chi connectivity index (χ2v) is 6.95. The third-order valence-corrected chi connectivity index (χ3v) is 4.58. The van der Waals surface area contributed by atoms with Crippen molar-refractivity contribution in [2.75, 3.05) is 0 Å². The Bertz CT molecular complexity index is 968. The summed E-state index contributed by atoms with van der Waals surface area (Å²) in [5, 5.41) is 5.38. The quantitative estimate of drug-likeness (QED) is 0.522. The Labute approximate surface area is 154 Å². The fraction of sp³-hybridized carbons (Fsp3) is 0.273. The van der Waals surface area contributed by atoms with Gasteiger partial charge in [-0.1, -0.05) is 42.0 Å². The molecule has 1 amide bonds. The van der Waals surface area contributed by atoms with Gasteiger partial charge in [0.25, 0.3) is 0 Å². The number of nitrogens with zero attached hydrogens (tertiary/aromatic N) is 1. The summed E-state index contributed by atoms with van der Waals surface area (Å²) in [6, 6.07) is 14.4. The minimum absolute atomic E-state index is 0.0967. The molecule has 3 rings (SSSR count). The maximum absolute atomic E-state index is 12.4. The van der Waals surface area contributed by atoms with Crippen LogP contribution in [-0.4, -0.2) is 16.6 Å². The van der Waals surface area contributed by atoms with Crippen LogP contribution in [0.4, 0.5) is 0 Å². The number of amides is 1. The van der Waals surface area contributed by atoms with Crippen molar-refractivity contribution in [2.24, 2.45) is 5.10 Å². The van der Waals surface area contributed by atoms with Gasteiger partial charge in [-0.2, -0.15) is 5.10 Å². The zero-order valence-corrected chi connectivity index (χ0v) is 15.8. The molecule has 0 spiro atoms. The van der Waals surface area contributed by atoms with Crippen LogP contribution in [0.3, 0.4) is 0 Å². The first-order valence-corrected chi connectivity index (χ1v) is 8.88. The van der Waals surface area contributed by atoms with E-state index in [1.807, 2.05) is 32.0 Å². The van der Waals surface area contributed by atoms with Gasteiger partial charge in [0.1, 0.15) is 0 Å². The van der Waals surface area contributed by atoms with Crippen LogP contribution < -0.4 is 5.43 Å². The maximum atomic E-state index is 12.4. The second kappa shape index (κ2) is 7.56. The number of hydrazone groups is 1. The van der Waals surface area contributed by atoms with Crippen LogP contribution in [0.25, 0.3) is 10.9 Å². The molecule has 4 heteroatoms. The molecular weight excluding hydrogens is 322 g/mol. The summed E-state index contributed by atoms with van der Waals surface area (Å²) in [6.45, 7) is 8.11. The zero-order valence-electron chi connectivity index (χ0n) is 15.8. The molecule has 4 nitrogen and oxygen atoms in total. The molecular formula is C22H25N3O. The van der Waals surface area contributed by atoms with Gasteiger partial charge >= 0.3 is 0 Å². The molecule has 0 aliphatic carbocycles. The number of fused-ring (bicyclic) bond motifs is 1. The predicted octanol–water partition coefficient (Wildman–Crippen LogP) is 4.37. The fourth-order valence-corrected chi connectivity index (χ4v) is 3.35. The average molecular weight is 347 g/mol. The molecule has 0 unspecified atom stereocenters. The van der Waals surface area contributed by atoms with Crippen molar-refractivity contribution >= 4 is 22.5 Å². The van der Waals surface area contributed by atoms with E-state index in [1.165, 1.54) is 16.7 Å². The molecule has 0 radical (unpaired) electrons. The molecule has 0 aliphatic heterocycles. The lowest BCUT2D eigenvalue weighted by atomic mass is 10.0. The van der Waals surface area contributed by atoms with Crippen LogP contribution in [0.2, 0.25) is 0 Å². The lowest BCUT2D eigenvalue weighted by molar-refractivity contribution is -0.120. The third-order valence-electron chi connectivity index (χ3n) is 4.58. The van der Waals surface area contributed by atoms with E-state index in [9.17, 15) is 4.79 Å². The smallest absolute Gasteiger partial charge is 0.244 e. The third kappa shape index (κ3) is 4.02. The average Bonchev–Trinajstić information content (AvgIpc) is 2.90. The van der Waals surface area contributed by atoms with E-state index in [1.54, 1.807) is 0 Å². The van der Waals surface area contributed by atoms with E-state index in [2.05, 4.69) is 53.6 Å². The SMILES string of the molecule is C/C(Cc1ccccc1)=N/NC(=O)Cc1c(C)[nH]c2c(C)cc(C)cc12. The van der Waals surface area contributed by atoms with Gasteiger partial charge in [-0.3, -0.25) is 4.79 Å². The van der Waals surface area contributed by atoms with Gasteiger partial charge in [-0.25, -0.2) is 5.43 Å². The summed E-state index contributed by atoms with van der Waals surface area (Å²) < 4.78 is 0. The lowest BCUT2D eigenvalue weighted by Gasteiger charge is -2.05. The van der Waals surface area contributed by atoms with E-state index in [0.29, 0.717) is 6.42 Å². The zero-order chi connectivity index (χ0) is 18.7. The van der Waals surface area contributed by atoms with Crippen molar-refractivity contribution in [2.45, 2.75) is 40.5 Å². The standard InChI is InChI=1S/C22H25N3O/c1-14-10-15(2)22-20(11-14)19(17(4)23-22)13-21(26)25-24-16(3)12-18-8-6-5-7-9-18/h5-11,23H,12-13H2,1-4H3,(H,25,26)/b24-16-. The van der Waals surface area contributed by atoms with Gasteiger partial charge in [0.2, 0.25) is 5.91 Å². The van der Waals surface area contributed by atoms with Crippen molar-refractivity contribution in [1.82, 2.24) is 10.4 Å². The van der Waals surface area contributed by atoms with Crippen molar-refractivity contribution in [1.29, 1.82) is 0 Å². The number of carbonyl (C=O) groups excluding carboxylic acids is 1. The van der Waals surface area contributed by atoms with Crippen LogP contribution >= 0.6 is 0 Å². The van der Waals surface area contributed by atoms with Crippen molar-refractivity contribution in [3.63, 3.8) is 0 Å². The Kier molecular flexibility index (Phi) is 5.21. The summed E-state index contributed by atoms with van der Waals surface area (Å²) in [7, 11) is 0. The van der Waals surface area contributed by atoms with E-state index in [0.717, 1.165) is 34.3 Å². The summed E-state index contributed by atoms with van der Waals surface area (Å²) in [5.41, 5.74) is 10.4. The highest BCUT2D eigenvalue weighted by atomic mass is 16.2. The van der Waals surface area contributed by atoms with Crippen molar-refractivity contribution < 1.29 is 4.79 Å². The number of aryl methyl sites for hydroxylation is 3. The van der Waals surface area contributed by atoms with Gasteiger partial charge < -0.3 is 4.98 Å². The maximum Gasteiger partial charge on any atom is 0.244 e. The number of carbonyl (C=O) groups is 1. The number of nitrogens with one attached hydrogen (secondary N) is 2. The van der Waals surface area contributed by atoms with Gasteiger partial charge in [-0.15, -0.1) is 0 Å². The molecule has 0 atom stereocenters. The van der Waals surface area contributed by atoms with Crippen molar-refractivity contribution in [3.8, 4) is 0 Å². The summed E-state index contributed by atoms with van der Waals surface area (Å²) in [5.74, 6) is -0.0967. The van der Waals surface area contributed by atoms with Crippen LogP contribution in [0.1, 0.15) is 34.9 Å². The Balaban J connectivity index is 1.71. The number of hydrogen-bond acceptors (Lipinski definition) is 2. The number of rotatable bonds is 5. The number of H-pyrrole nitrogens is 1. The van der Waals surface area contributed by atoms with Gasteiger partial charge in [0.15, 0.2) is 0 Å². The molecule has 1 heterocycles. The summed E-state index contributed by atoms with van der Waals surface area (Å²) in [4.78, 5) is 15.8. The highest BCUT2D eigenvalue weighted by Gasteiger charge is 2.14. The first kappa shape index (κ1) is 17.9. The Morgan fingerprint density at radius 3 is 2.54 bits per heavy atom. The molecule has 0 saturated carbocycles. The highest BCUT2D eigenvalue weighted by Crippen LogP contribution is 2.26. The Morgan fingerprint density at radius 2 is 1.81 bits per heavy atom. The minimum Gasteiger partial charge on any atom is -0.358 e. The van der Waals surface area contributed by atoms with Crippen LogP contribution in [-0.2, 0) is 17.6 Å². The molecule has 0 fully saturated rings. The highest BCUT2D eigenvalue weighted by molar-refractivity contribution is 5.92. The van der Waals surface area contributed by atoms with Gasteiger partial charge in [-0.05, 0) is 50.5 Å². The molecule has 0 bridgehead atoms. The normalized spacial score (nSPS) is 11.8. The molecule has 134 valence electrons. The summed E-state index contributed by atoms with van der Waals surface area (Å²) >= 11 is 0. The number of hydrogen-bond donors (Lipinski definition) is 2. The first-order valence-electron chi connectivity index (χ1n) is 8.88. The molecule has 0 saturated heterocycles. The monoisotopic (exact) mass is 347 g/mol. The van der Waals surface area contributed by atoms with Crippen LogP contribution in [0.5, 0.6) is 0 Å². The van der Waals surface area contributed by atoms with E-state index in [4.69, 9.17) is 0 Å². The number of benzene rings is 2. The number of aromatic nitrogens is 1. The van der Waals surface area contributed by atoms with E-state index >= 15 is 0 Å². The molecule has 3 aromatic rings. The number of aromatic amines is 1. The Hall–Kier alpha value is -2.88. The van der Waals surface area contributed by atoms with Crippen molar-refractivity contribution in [3.05, 3.63) is 70.4 Å². The van der Waals surface area contributed by atoms with Gasteiger partial charge in [0.05, 0.1) is 6.42 Å². The molecule has 2 aromatic carbocycles. The predicted molar refractivity (Wildman–Crippen MR) is 108 cm³/mol. The minimum atomic E-state index is -0.0967. The van der Waals surface area contributed by atoms with E-state index in [-0.39, 0.29) is 5.91 Å². The fourth-order valence-electron chi connectivity index (χ4n) is 3.35. The van der Waals surface area contributed by atoms with Gasteiger partial charge in [0, 0.05) is 28.7 Å². The molecule has 1 aromatic heterocycles. The molecule has 2 N–H and O–H groups in total. The lowest BCUT2D eigenvalue weighted by Crippen LogP contribution is -2.21. The topological polar surface area (TPSA) is 57.2 Å². The van der Waals surface area contributed by atoms with E-state index < -0.39 is 0 Å². The Morgan fingerprint density at radius 1 is 1.08 bits per heavy atom. The largest absolute Gasteiger partial charge is 0.358 e. The molecule has 26 heavy (non-hydrogen) atoms. The molecule has 0 aliphatic rings. The summed E-state index contributed by atoms with van der Waals surface area (Å²) in [6.07, 6.45) is 1.04. The van der Waals surface area contributed by atoms with Crippen LogP contribution in [0.15, 0.2) is 47.6 Å². The van der Waals surface area contributed by atoms with Crippen LogP contribution in [0, 0.1) is 20.8 Å². The first-order chi connectivity index (χ1) is 12.4.